The van der Waals surface area contributed by atoms with Gasteiger partial charge < -0.3 is 15.0 Å². The van der Waals surface area contributed by atoms with Gasteiger partial charge in [-0.25, -0.2) is 4.39 Å². The summed E-state index contributed by atoms with van der Waals surface area (Å²) >= 11 is 6.10. The van der Waals surface area contributed by atoms with Crippen LogP contribution in [0.25, 0.3) is 0 Å². The lowest BCUT2D eigenvalue weighted by molar-refractivity contribution is -0.140. The molecule has 0 unspecified atom stereocenters. The Bertz CT molecular complexity index is 868. The average Bonchev–Trinajstić information content (AvgIpc) is 2.72. The maximum absolute atomic E-state index is 14.2. The van der Waals surface area contributed by atoms with Gasteiger partial charge in [0.25, 0.3) is 0 Å². The number of nitrogens with one attached hydrogen (secondary N) is 1. The van der Waals surface area contributed by atoms with Gasteiger partial charge in [-0.3, -0.25) is 9.59 Å². The zero-order valence-corrected chi connectivity index (χ0v) is 18.5. The summed E-state index contributed by atoms with van der Waals surface area (Å²) in [5.41, 5.74) is 0.917. The third-order valence-corrected chi connectivity index (χ3v) is 5.08. The summed E-state index contributed by atoms with van der Waals surface area (Å²) in [6.45, 7) is 6.33. The molecule has 162 valence electrons. The van der Waals surface area contributed by atoms with Crippen LogP contribution in [0, 0.1) is 11.7 Å². The molecule has 0 bridgehead atoms. The first-order valence-electron chi connectivity index (χ1n) is 9.86. The second-order valence-corrected chi connectivity index (χ2v) is 7.97. The lowest BCUT2D eigenvalue weighted by atomic mass is 10.1. The average molecular weight is 435 g/mol. The highest BCUT2D eigenvalue weighted by Gasteiger charge is 2.27. The lowest BCUT2D eigenvalue weighted by Crippen LogP contribution is -2.48. The minimum Gasteiger partial charge on any atom is -0.497 e. The molecular weight excluding hydrogens is 407 g/mol. The van der Waals surface area contributed by atoms with Crippen molar-refractivity contribution in [3.05, 3.63) is 64.4 Å². The SMILES string of the molecule is COc1cccc(CN(C(=O)Cc2c(F)cccc2Cl)[C@@H](C)C(=O)NCC(C)C)c1. The highest BCUT2D eigenvalue weighted by Crippen LogP contribution is 2.22. The number of ether oxygens (including phenoxy) is 1. The molecule has 2 rings (SSSR count). The fourth-order valence-corrected chi connectivity index (χ4v) is 3.19. The standard InChI is InChI=1S/C23H28ClFN2O3/c1-15(2)13-26-23(29)16(3)27(14-17-7-5-8-18(11-17)30-4)22(28)12-19-20(24)9-6-10-21(19)25/h5-11,15-16H,12-14H2,1-4H3,(H,26,29)/t16-/m0/s1. The van der Waals surface area contributed by atoms with Gasteiger partial charge in [0.15, 0.2) is 0 Å². The number of amides is 2. The number of nitrogens with zero attached hydrogens (tertiary/aromatic N) is 1. The maximum Gasteiger partial charge on any atom is 0.242 e. The number of hydrogen-bond acceptors (Lipinski definition) is 3. The molecule has 0 saturated carbocycles. The molecule has 7 heteroatoms. The molecule has 2 aromatic carbocycles. The molecule has 0 aliphatic heterocycles. The molecule has 2 aromatic rings. The molecule has 0 spiro atoms. The first-order chi connectivity index (χ1) is 14.2. The van der Waals surface area contributed by atoms with E-state index in [0.29, 0.717) is 12.3 Å². The predicted molar refractivity (Wildman–Crippen MR) is 116 cm³/mol. The van der Waals surface area contributed by atoms with E-state index in [-0.39, 0.29) is 35.4 Å². The van der Waals surface area contributed by atoms with E-state index in [9.17, 15) is 14.0 Å². The van der Waals surface area contributed by atoms with Crippen LogP contribution in [0.3, 0.4) is 0 Å². The summed E-state index contributed by atoms with van der Waals surface area (Å²) in [7, 11) is 1.56. The number of rotatable bonds is 9. The summed E-state index contributed by atoms with van der Waals surface area (Å²) in [4.78, 5) is 27.3. The zero-order chi connectivity index (χ0) is 22.3. The monoisotopic (exact) mass is 434 g/mol. The van der Waals surface area contributed by atoms with Crippen molar-refractivity contribution in [3.63, 3.8) is 0 Å². The van der Waals surface area contributed by atoms with E-state index in [1.54, 1.807) is 32.2 Å². The third kappa shape index (κ3) is 6.46. The number of halogens is 2. The summed E-state index contributed by atoms with van der Waals surface area (Å²) in [5, 5.41) is 3.04. The molecule has 5 nitrogen and oxygen atoms in total. The zero-order valence-electron chi connectivity index (χ0n) is 17.7. The highest BCUT2D eigenvalue weighted by atomic mass is 35.5. The number of carbonyl (C=O) groups excluding carboxylic acids is 2. The van der Waals surface area contributed by atoms with Gasteiger partial charge in [0.05, 0.1) is 13.5 Å². The van der Waals surface area contributed by atoms with Crippen LogP contribution in [0.15, 0.2) is 42.5 Å². The Morgan fingerprint density at radius 1 is 1.17 bits per heavy atom. The summed E-state index contributed by atoms with van der Waals surface area (Å²) in [6.07, 6.45) is -0.239. The third-order valence-electron chi connectivity index (χ3n) is 4.73. The Morgan fingerprint density at radius 2 is 1.87 bits per heavy atom. The van der Waals surface area contributed by atoms with Gasteiger partial charge >= 0.3 is 0 Å². The van der Waals surface area contributed by atoms with Gasteiger partial charge in [0, 0.05) is 23.7 Å². The predicted octanol–water partition coefficient (Wildman–Crippen LogP) is 4.22. The minimum atomic E-state index is -0.743. The van der Waals surface area contributed by atoms with Crippen LogP contribution in [0.2, 0.25) is 5.02 Å². The quantitative estimate of drug-likeness (QED) is 0.642. The molecule has 0 aliphatic rings. The molecule has 0 heterocycles. The molecule has 30 heavy (non-hydrogen) atoms. The van der Waals surface area contributed by atoms with E-state index in [4.69, 9.17) is 16.3 Å². The molecule has 0 fully saturated rings. The maximum atomic E-state index is 14.2. The second kappa shape index (κ2) is 11.0. The Balaban J connectivity index is 2.29. The van der Waals surface area contributed by atoms with E-state index >= 15 is 0 Å². The van der Waals surface area contributed by atoms with Crippen molar-refractivity contribution < 1.29 is 18.7 Å². The Hall–Kier alpha value is -2.60. The minimum absolute atomic E-state index is 0.120. The molecular formula is C23H28ClFN2O3. The van der Waals surface area contributed by atoms with Crippen molar-refractivity contribution in [3.8, 4) is 5.75 Å². The van der Waals surface area contributed by atoms with Crippen molar-refractivity contribution in [2.45, 2.75) is 39.8 Å². The van der Waals surface area contributed by atoms with Crippen LogP contribution < -0.4 is 10.1 Å². The van der Waals surface area contributed by atoms with Gasteiger partial charge in [0.1, 0.15) is 17.6 Å². The Labute approximate surface area is 182 Å². The van der Waals surface area contributed by atoms with Crippen LogP contribution in [-0.2, 0) is 22.6 Å². The fourth-order valence-electron chi connectivity index (χ4n) is 2.96. The number of benzene rings is 2. The van der Waals surface area contributed by atoms with Crippen molar-refractivity contribution >= 4 is 23.4 Å². The Morgan fingerprint density at radius 3 is 2.50 bits per heavy atom. The van der Waals surface area contributed by atoms with Gasteiger partial charge in [0.2, 0.25) is 11.8 Å². The van der Waals surface area contributed by atoms with Crippen molar-refractivity contribution in [2.75, 3.05) is 13.7 Å². The number of hydrogen-bond donors (Lipinski definition) is 1. The van der Waals surface area contributed by atoms with Gasteiger partial charge in [-0.15, -0.1) is 0 Å². The molecule has 0 saturated heterocycles. The van der Waals surface area contributed by atoms with E-state index in [2.05, 4.69) is 5.32 Å². The van der Waals surface area contributed by atoms with E-state index < -0.39 is 17.8 Å². The molecule has 2 amide bonds. The van der Waals surface area contributed by atoms with E-state index in [1.165, 1.54) is 17.0 Å². The van der Waals surface area contributed by atoms with Crippen LogP contribution in [0.1, 0.15) is 31.9 Å². The largest absolute Gasteiger partial charge is 0.497 e. The summed E-state index contributed by atoms with van der Waals surface area (Å²) in [6, 6.07) is 10.8. The normalized spacial score (nSPS) is 11.8. The van der Waals surface area contributed by atoms with E-state index in [0.717, 1.165) is 5.56 Å². The van der Waals surface area contributed by atoms with Gasteiger partial charge in [-0.05, 0) is 42.7 Å². The fraction of sp³-hybridized carbons (Fsp3) is 0.391. The van der Waals surface area contributed by atoms with Crippen LogP contribution in [-0.4, -0.2) is 36.4 Å². The van der Waals surface area contributed by atoms with Crippen LogP contribution in [0.5, 0.6) is 5.75 Å². The number of carbonyl (C=O) groups is 2. The number of methoxy groups -OCH3 is 1. The smallest absolute Gasteiger partial charge is 0.242 e. The highest BCUT2D eigenvalue weighted by molar-refractivity contribution is 6.31. The van der Waals surface area contributed by atoms with Crippen molar-refractivity contribution in [1.29, 1.82) is 0 Å². The van der Waals surface area contributed by atoms with Crippen molar-refractivity contribution in [1.82, 2.24) is 10.2 Å². The molecule has 1 N–H and O–H groups in total. The summed E-state index contributed by atoms with van der Waals surface area (Å²) in [5.74, 6) is -0.277. The van der Waals surface area contributed by atoms with Crippen molar-refractivity contribution in [2.24, 2.45) is 5.92 Å². The molecule has 0 aliphatic carbocycles. The lowest BCUT2D eigenvalue weighted by Gasteiger charge is -2.29. The first-order valence-corrected chi connectivity index (χ1v) is 10.2. The molecule has 0 aromatic heterocycles. The van der Waals surface area contributed by atoms with Gasteiger partial charge in [-0.1, -0.05) is 43.6 Å². The summed E-state index contributed by atoms with van der Waals surface area (Å²) < 4.78 is 19.5. The van der Waals surface area contributed by atoms with E-state index in [1.807, 2.05) is 26.0 Å². The Kier molecular flexibility index (Phi) is 8.66. The van der Waals surface area contributed by atoms with Crippen LogP contribution >= 0.6 is 11.6 Å². The van der Waals surface area contributed by atoms with Gasteiger partial charge in [-0.2, -0.15) is 0 Å². The first kappa shape index (κ1) is 23.7. The van der Waals surface area contributed by atoms with Crippen LogP contribution in [0.4, 0.5) is 4.39 Å². The topological polar surface area (TPSA) is 58.6 Å². The second-order valence-electron chi connectivity index (χ2n) is 7.57. The molecule has 0 radical (unpaired) electrons. The molecule has 1 atom stereocenters.